The summed E-state index contributed by atoms with van der Waals surface area (Å²) < 4.78 is 23.8. The van der Waals surface area contributed by atoms with Crippen LogP contribution in [0.2, 0.25) is 0 Å². The molecule has 0 aliphatic carbocycles. The Labute approximate surface area is 187 Å². The number of para-hydroxylation sites is 1. The molecular formula is C20H35IN4O2S. The lowest BCUT2D eigenvalue weighted by molar-refractivity contribution is 0.352. The molecule has 1 aliphatic rings. The average Bonchev–Trinajstić information content (AvgIpc) is 2.60. The van der Waals surface area contributed by atoms with Gasteiger partial charge < -0.3 is 15.5 Å². The van der Waals surface area contributed by atoms with E-state index >= 15 is 0 Å². The zero-order chi connectivity index (χ0) is 20.1. The summed E-state index contributed by atoms with van der Waals surface area (Å²) in [6.07, 6.45) is 0. The molecule has 28 heavy (non-hydrogen) atoms. The molecule has 2 rings (SSSR count). The first kappa shape index (κ1) is 25.0. The van der Waals surface area contributed by atoms with Crippen LogP contribution in [0.15, 0.2) is 35.3 Å². The number of nitrogens with one attached hydrogen (secondary N) is 2. The third-order valence-electron chi connectivity index (χ3n) is 5.05. The molecule has 1 saturated heterocycles. The van der Waals surface area contributed by atoms with Gasteiger partial charge in [-0.25, -0.2) is 8.42 Å². The Morgan fingerprint density at radius 1 is 1.25 bits per heavy atom. The highest BCUT2D eigenvalue weighted by Crippen LogP contribution is 2.24. The highest BCUT2D eigenvalue weighted by atomic mass is 127. The van der Waals surface area contributed by atoms with Crippen molar-refractivity contribution in [1.82, 2.24) is 10.2 Å². The number of sulfone groups is 1. The van der Waals surface area contributed by atoms with Crippen LogP contribution in [-0.2, 0) is 9.84 Å². The van der Waals surface area contributed by atoms with E-state index in [2.05, 4.69) is 41.5 Å². The molecule has 6 nitrogen and oxygen atoms in total. The minimum atomic E-state index is -3.06. The number of hydrogen-bond acceptors (Lipinski definition) is 4. The predicted octanol–water partition coefficient (Wildman–Crippen LogP) is 3.22. The number of aliphatic imine (C=N–C) groups is 1. The molecule has 2 N–H and O–H groups in total. The quantitative estimate of drug-likeness (QED) is 0.341. The van der Waals surface area contributed by atoms with Crippen LogP contribution in [0, 0.1) is 5.92 Å². The predicted molar refractivity (Wildman–Crippen MR) is 130 cm³/mol. The highest BCUT2D eigenvalue weighted by molar-refractivity contribution is 14.0. The van der Waals surface area contributed by atoms with E-state index in [0.29, 0.717) is 25.6 Å². The standard InChI is InChI=1S/C20H34N4O2S.HI/c1-6-21-19(24-12-13-27(25,26)20(4,5)15-24)22-14-18(16(2)3)23-17-10-8-7-9-11-17;/h7-11,16,18,23H,6,12-15H2,1-5H3,(H,21,22);1H. The molecule has 1 aromatic rings. The van der Waals surface area contributed by atoms with Gasteiger partial charge in [0.15, 0.2) is 15.8 Å². The molecule has 1 atom stereocenters. The number of nitrogens with zero attached hydrogens (tertiary/aromatic N) is 2. The number of halogens is 1. The monoisotopic (exact) mass is 522 g/mol. The van der Waals surface area contributed by atoms with Gasteiger partial charge >= 0.3 is 0 Å². The van der Waals surface area contributed by atoms with Gasteiger partial charge in [0.1, 0.15) is 0 Å². The maximum Gasteiger partial charge on any atom is 0.194 e. The molecule has 0 amide bonds. The van der Waals surface area contributed by atoms with Gasteiger partial charge in [0.05, 0.1) is 17.0 Å². The van der Waals surface area contributed by atoms with E-state index in [9.17, 15) is 8.42 Å². The third kappa shape index (κ3) is 6.50. The van der Waals surface area contributed by atoms with E-state index in [1.807, 2.05) is 25.1 Å². The van der Waals surface area contributed by atoms with Crippen molar-refractivity contribution in [2.45, 2.75) is 45.4 Å². The lowest BCUT2D eigenvalue weighted by Gasteiger charge is -2.39. The van der Waals surface area contributed by atoms with Crippen molar-refractivity contribution in [3.05, 3.63) is 30.3 Å². The molecule has 1 aromatic carbocycles. The summed E-state index contributed by atoms with van der Waals surface area (Å²) in [6.45, 7) is 12.3. The molecule has 160 valence electrons. The van der Waals surface area contributed by atoms with Gasteiger partial charge in [-0.3, -0.25) is 4.99 Å². The molecule has 0 aromatic heterocycles. The van der Waals surface area contributed by atoms with E-state index in [-0.39, 0.29) is 35.8 Å². The van der Waals surface area contributed by atoms with E-state index in [1.54, 1.807) is 13.8 Å². The van der Waals surface area contributed by atoms with Gasteiger partial charge in [0, 0.05) is 31.4 Å². The summed E-state index contributed by atoms with van der Waals surface area (Å²) >= 11 is 0. The van der Waals surface area contributed by atoms with E-state index in [4.69, 9.17) is 4.99 Å². The number of rotatable bonds is 6. The first-order valence-electron chi connectivity index (χ1n) is 9.73. The molecule has 0 bridgehead atoms. The Balaban J connectivity index is 0.00000392. The molecule has 0 spiro atoms. The molecule has 1 fully saturated rings. The smallest absolute Gasteiger partial charge is 0.194 e. The minimum Gasteiger partial charge on any atom is -0.380 e. The van der Waals surface area contributed by atoms with Gasteiger partial charge in [-0.15, -0.1) is 24.0 Å². The SMILES string of the molecule is CCNC(=NCC(Nc1ccccc1)C(C)C)N1CCS(=O)(=O)C(C)(C)C1.I. The number of hydrogen-bond donors (Lipinski definition) is 2. The maximum absolute atomic E-state index is 12.3. The van der Waals surface area contributed by atoms with Crippen molar-refractivity contribution in [2.24, 2.45) is 10.9 Å². The summed E-state index contributed by atoms with van der Waals surface area (Å²) in [6, 6.07) is 10.4. The van der Waals surface area contributed by atoms with Crippen LogP contribution in [0.5, 0.6) is 0 Å². The summed E-state index contributed by atoms with van der Waals surface area (Å²) in [5.41, 5.74) is 1.08. The molecular weight excluding hydrogens is 487 g/mol. The number of benzene rings is 1. The first-order valence-corrected chi connectivity index (χ1v) is 11.4. The Bertz CT molecular complexity index is 736. The van der Waals surface area contributed by atoms with Gasteiger partial charge in [-0.2, -0.15) is 0 Å². The Morgan fingerprint density at radius 3 is 2.43 bits per heavy atom. The molecule has 1 heterocycles. The summed E-state index contributed by atoms with van der Waals surface area (Å²) in [4.78, 5) is 6.92. The number of guanidine groups is 1. The van der Waals surface area contributed by atoms with Gasteiger partial charge in [-0.05, 0) is 38.8 Å². The summed E-state index contributed by atoms with van der Waals surface area (Å²) in [5, 5.41) is 6.89. The zero-order valence-corrected chi connectivity index (χ0v) is 20.8. The first-order chi connectivity index (χ1) is 12.7. The normalized spacial score (nSPS) is 19.6. The van der Waals surface area contributed by atoms with Crippen LogP contribution in [0.4, 0.5) is 5.69 Å². The van der Waals surface area contributed by atoms with E-state index < -0.39 is 14.6 Å². The van der Waals surface area contributed by atoms with Crippen molar-refractivity contribution in [3.8, 4) is 0 Å². The van der Waals surface area contributed by atoms with Gasteiger partial charge in [0.2, 0.25) is 0 Å². The highest BCUT2D eigenvalue weighted by Gasteiger charge is 2.41. The molecule has 0 saturated carbocycles. The van der Waals surface area contributed by atoms with E-state index in [1.165, 1.54) is 0 Å². The van der Waals surface area contributed by atoms with Crippen LogP contribution in [0.25, 0.3) is 0 Å². The largest absolute Gasteiger partial charge is 0.380 e. The van der Waals surface area contributed by atoms with Crippen molar-refractivity contribution >= 4 is 45.5 Å². The second kappa shape index (κ2) is 10.7. The zero-order valence-electron chi connectivity index (χ0n) is 17.6. The van der Waals surface area contributed by atoms with Crippen LogP contribution in [0.3, 0.4) is 0 Å². The van der Waals surface area contributed by atoms with Crippen molar-refractivity contribution in [1.29, 1.82) is 0 Å². The molecule has 8 heteroatoms. The maximum atomic E-state index is 12.3. The Morgan fingerprint density at radius 2 is 1.89 bits per heavy atom. The topological polar surface area (TPSA) is 73.8 Å². The molecule has 1 unspecified atom stereocenters. The number of anilines is 1. The lowest BCUT2D eigenvalue weighted by Crippen LogP contribution is -2.57. The van der Waals surface area contributed by atoms with Crippen molar-refractivity contribution < 1.29 is 8.42 Å². The lowest BCUT2D eigenvalue weighted by atomic mass is 10.0. The van der Waals surface area contributed by atoms with Crippen molar-refractivity contribution in [3.63, 3.8) is 0 Å². The van der Waals surface area contributed by atoms with Crippen LogP contribution in [-0.4, -0.2) is 62.0 Å². The fourth-order valence-corrected chi connectivity index (χ4v) is 4.47. The van der Waals surface area contributed by atoms with Crippen LogP contribution in [0.1, 0.15) is 34.6 Å². The summed E-state index contributed by atoms with van der Waals surface area (Å²) in [7, 11) is -3.06. The second-order valence-electron chi connectivity index (χ2n) is 8.06. The minimum absolute atomic E-state index is 0. The Kier molecular flexibility index (Phi) is 9.52. The third-order valence-corrected chi connectivity index (χ3v) is 7.58. The van der Waals surface area contributed by atoms with E-state index in [0.717, 1.165) is 18.2 Å². The van der Waals surface area contributed by atoms with Crippen LogP contribution >= 0.6 is 24.0 Å². The second-order valence-corrected chi connectivity index (χ2v) is 10.8. The Hall–Kier alpha value is -1.03. The molecule has 1 aliphatic heterocycles. The van der Waals surface area contributed by atoms with Crippen molar-refractivity contribution in [2.75, 3.05) is 37.2 Å². The average molecular weight is 522 g/mol. The summed E-state index contributed by atoms with van der Waals surface area (Å²) in [5.74, 6) is 1.37. The van der Waals surface area contributed by atoms with Crippen LogP contribution < -0.4 is 10.6 Å². The van der Waals surface area contributed by atoms with Gasteiger partial charge in [-0.1, -0.05) is 32.0 Å². The fourth-order valence-electron chi connectivity index (χ4n) is 3.11. The fraction of sp³-hybridized carbons (Fsp3) is 0.650. The molecule has 0 radical (unpaired) electrons. The van der Waals surface area contributed by atoms with Gasteiger partial charge in [0.25, 0.3) is 0 Å².